The second-order valence-electron chi connectivity index (χ2n) is 4.34. The molecule has 0 spiro atoms. The molecular formula is C16H16ClNO2S. The summed E-state index contributed by atoms with van der Waals surface area (Å²) in [6.07, 6.45) is 0. The zero-order valence-corrected chi connectivity index (χ0v) is 13.2. The van der Waals surface area contributed by atoms with Crippen molar-refractivity contribution in [2.45, 2.75) is 17.1 Å². The maximum absolute atomic E-state index is 12.2. The number of hydrogen-bond donors (Lipinski definition) is 1. The number of carbonyl (C=O) groups excluding carboxylic acids is 1. The van der Waals surface area contributed by atoms with Gasteiger partial charge in [-0.15, -0.1) is 11.8 Å². The van der Waals surface area contributed by atoms with E-state index in [0.717, 1.165) is 10.5 Å². The Balaban J connectivity index is 2.32. The third kappa shape index (κ3) is 4.16. The predicted octanol–water partition coefficient (Wildman–Crippen LogP) is 4.32. The van der Waals surface area contributed by atoms with E-state index >= 15 is 0 Å². The van der Waals surface area contributed by atoms with E-state index in [-0.39, 0.29) is 5.97 Å². The largest absolute Gasteiger partial charge is 0.465 e. The molecule has 110 valence electrons. The number of hydrogen-bond acceptors (Lipinski definition) is 4. The third-order valence-corrected chi connectivity index (χ3v) is 4.37. The first-order valence-electron chi connectivity index (χ1n) is 6.55. The lowest BCUT2D eigenvalue weighted by Crippen LogP contribution is -2.13. The number of anilines is 1. The molecule has 2 N–H and O–H groups in total. The van der Waals surface area contributed by atoms with E-state index in [0.29, 0.717) is 17.3 Å². The summed E-state index contributed by atoms with van der Waals surface area (Å²) in [5.41, 5.74) is 7.43. The van der Waals surface area contributed by atoms with Crippen molar-refractivity contribution in [2.24, 2.45) is 0 Å². The van der Waals surface area contributed by atoms with Gasteiger partial charge in [0.15, 0.2) is 0 Å². The van der Waals surface area contributed by atoms with Crippen LogP contribution in [0.15, 0.2) is 53.4 Å². The van der Waals surface area contributed by atoms with Gasteiger partial charge < -0.3 is 10.5 Å². The molecule has 0 aliphatic heterocycles. The number of benzene rings is 2. The zero-order chi connectivity index (χ0) is 15.2. The van der Waals surface area contributed by atoms with Crippen LogP contribution in [0.2, 0.25) is 5.02 Å². The van der Waals surface area contributed by atoms with Gasteiger partial charge in [0.1, 0.15) is 5.25 Å². The average Bonchev–Trinajstić information content (AvgIpc) is 2.49. The first-order chi connectivity index (χ1) is 10.1. The van der Waals surface area contributed by atoms with Crippen LogP contribution in [0.5, 0.6) is 0 Å². The van der Waals surface area contributed by atoms with Crippen LogP contribution in [0, 0.1) is 0 Å². The molecular weight excluding hydrogens is 306 g/mol. The van der Waals surface area contributed by atoms with Gasteiger partial charge in [0.25, 0.3) is 0 Å². The van der Waals surface area contributed by atoms with Crippen molar-refractivity contribution in [3.8, 4) is 0 Å². The van der Waals surface area contributed by atoms with Gasteiger partial charge in [-0.3, -0.25) is 4.79 Å². The van der Waals surface area contributed by atoms with Crippen LogP contribution in [-0.2, 0) is 9.53 Å². The van der Waals surface area contributed by atoms with E-state index in [2.05, 4.69) is 0 Å². The second kappa shape index (κ2) is 7.38. The molecule has 0 amide bonds. The molecule has 3 nitrogen and oxygen atoms in total. The van der Waals surface area contributed by atoms with Crippen molar-refractivity contribution in [2.75, 3.05) is 12.3 Å². The van der Waals surface area contributed by atoms with Crippen LogP contribution in [0.1, 0.15) is 17.7 Å². The number of halogens is 1. The molecule has 0 radical (unpaired) electrons. The molecule has 21 heavy (non-hydrogen) atoms. The molecule has 0 aromatic heterocycles. The Bertz CT molecular complexity index is 619. The lowest BCUT2D eigenvalue weighted by atomic mass is 10.1. The van der Waals surface area contributed by atoms with Gasteiger partial charge in [-0.2, -0.15) is 0 Å². The number of rotatable bonds is 5. The van der Waals surface area contributed by atoms with Crippen molar-refractivity contribution < 1.29 is 9.53 Å². The monoisotopic (exact) mass is 321 g/mol. The SMILES string of the molecule is CCOC(=O)C(Sc1cc(Cl)ccc1N)c1ccccc1. The standard InChI is InChI=1S/C16H16ClNO2S/c1-2-20-16(19)15(11-6-4-3-5-7-11)21-14-10-12(17)8-9-13(14)18/h3-10,15H,2,18H2,1H3. The molecule has 2 aromatic rings. The minimum absolute atomic E-state index is 0.284. The summed E-state index contributed by atoms with van der Waals surface area (Å²) >= 11 is 7.35. The van der Waals surface area contributed by atoms with Crippen LogP contribution in [0.3, 0.4) is 0 Å². The quantitative estimate of drug-likeness (QED) is 0.506. The van der Waals surface area contributed by atoms with E-state index in [1.807, 2.05) is 30.3 Å². The molecule has 0 aliphatic carbocycles. The molecule has 0 fully saturated rings. The maximum atomic E-state index is 12.2. The summed E-state index contributed by atoms with van der Waals surface area (Å²) in [4.78, 5) is 13.0. The van der Waals surface area contributed by atoms with Crippen molar-refractivity contribution in [1.82, 2.24) is 0 Å². The average molecular weight is 322 g/mol. The van der Waals surface area contributed by atoms with Gasteiger partial charge in [0.05, 0.1) is 6.61 Å². The van der Waals surface area contributed by atoms with Gasteiger partial charge >= 0.3 is 5.97 Å². The summed E-state index contributed by atoms with van der Waals surface area (Å²) in [6, 6.07) is 14.7. The molecule has 0 bridgehead atoms. The summed E-state index contributed by atoms with van der Waals surface area (Å²) in [5.74, 6) is -0.284. The summed E-state index contributed by atoms with van der Waals surface area (Å²) in [5, 5.41) is 0.120. The van der Waals surface area contributed by atoms with Crippen molar-refractivity contribution in [1.29, 1.82) is 0 Å². The number of nitrogens with two attached hydrogens (primary N) is 1. The van der Waals surface area contributed by atoms with E-state index in [9.17, 15) is 4.79 Å². The lowest BCUT2D eigenvalue weighted by Gasteiger charge is -2.16. The van der Waals surface area contributed by atoms with Gasteiger partial charge in [-0.05, 0) is 30.7 Å². The van der Waals surface area contributed by atoms with Crippen molar-refractivity contribution >= 4 is 35.0 Å². The van der Waals surface area contributed by atoms with Gasteiger partial charge in [0.2, 0.25) is 0 Å². The highest BCUT2D eigenvalue weighted by atomic mass is 35.5. The molecule has 0 aliphatic rings. The van der Waals surface area contributed by atoms with Crippen LogP contribution in [0.25, 0.3) is 0 Å². The Morgan fingerprint density at radius 3 is 2.67 bits per heavy atom. The third-order valence-electron chi connectivity index (χ3n) is 2.82. The Hall–Kier alpha value is -1.65. The Morgan fingerprint density at radius 2 is 2.00 bits per heavy atom. The van der Waals surface area contributed by atoms with Crippen LogP contribution >= 0.6 is 23.4 Å². The number of carbonyl (C=O) groups is 1. The second-order valence-corrected chi connectivity index (χ2v) is 5.93. The minimum Gasteiger partial charge on any atom is -0.465 e. The molecule has 1 unspecified atom stereocenters. The van der Waals surface area contributed by atoms with E-state index in [1.54, 1.807) is 25.1 Å². The molecule has 2 rings (SSSR count). The molecule has 2 aromatic carbocycles. The normalized spacial score (nSPS) is 11.9. The fourth-order valence-electron chi connectivity index (χ4n) is 1.84. The van der Waals surface area contributed by atoms with Gasteiger partial charge in [0, 0.05) is 15.6 Å². The van der Waals surface area contributed by atoms with Crippen LogP contribution in [-0.4, -0.2) is 12.6 Å². The van der Waals surface area contributed by atoms with E-state index < -0.39 is 5.25 Å². The molecule has 0 heterocycles. The summed E-state index contributed by atoms with van der Waals surface area (Å²) in [6.45, 7) is 2.13. The highest BCUT2D eigenvalue weighted by Gasteiger charge is 2.24. The smallest absolute Gasteiger partial charge is 0.323 e. The maximum Gasteiger partial charge on any atom is 0.323 e. The molecule has 5 heteroatoms. The number of thioether (sulfide) groups is 1. The Kier molecular flexibility index (Phi) is 5.53. The topological polar surface area (TPSA) is 52.3 Å². The summed E-state index contributed by atoms with van der Waals surface area (Å²) < 4.78 is 5.17. The fraction of sp³-hybridized carbons (Fsp3) is 0.188. The first-order valence-corrected chi connectivity index (χ1v) is 7.81. The molecule has 0 saturated carbocycles. The minimum atomic E-state index is -0.466. The highest BCUT2D eigenvalue weighted by molar-refractivity contribution is 8.00. The number of ether oxygens (including phenoxy) is 1. The predicted molar refractivity (Wildman–Crippen MR) is 87.5 cm³/mol. The van der Waals surface area contributed by atoms with E-state index in [1.165, 1.54) is 11.8 Å². The fourth-order valence-corrected chi connectivity index (χ4v) is 3.18. The Labute approximate surface area is 133 Å². The van der Waals surface area contributed by atoms with Crippen molar-refractivity contribution in [3.63, 3.8) is 0 Å². The first kappa shape index (κ1) is 15.7. The van der Waals surface area contributed by atoms with Crippen LogP contribution in [0.4, 0.5) is 5.69 Å². The summed E-state index contributed by atoms with van der Waals surface area (Å²) in [7, 11) is 0. The highest BCUT2D eigenvalue weighted by Crippen LogP contribution is 2.39. The van der Waals surface area contributed by atoms with E-state index in [4.69, 9.17) is 22.1 Å². The van der Waals surface area contributed by atoms with Crippen LogP contribution < -0.4 is 5.73 Å². The van der Waals surface area contributed by atoms with Gasteiger partial charge in [-0.25, -0.2) is 0 Å². The number of esters is 1. The molecule has 0 saturated heterocycles. The zero-order valence-electron chi connectivity index (χ0n) is 11.6. The van der Waals surface area contributed by atoms with Gasteiger partial charge in [-0.1, -0.05) is 41.9 Å². The Morgan fingerprint density at radius 1 is 1.29 bits per heavy atom. The van der Waals surface area contributed by atoms with Crippen molar-refractivity contribution in [3.05, 3.63) is 59.1 Å². The molecule has 1 atom stereocenters. The lowest BCUT2D eigenvalue weighted by molar-refractivity contribution is -0.142. The number of nitrogen functional groups attached to an aromatic ring is 1.